The third kappa shape index (κ3) is 2.25. The molecule has 0 spiro atoms. The predicted molar refractivity (Wildman–Crippen MR) is 64.6 cm³/mol. The molecule has 3 heteroatoms. The summed E-state index contributed by atoms with van der Waals surface area (Å²) in [5.74, 6) is 0.423. The van der Waals surface area contributed by atoms with E-state index in [2.05, 4.69) is 35.0 Å². The van der Waals surface area contributed by atoms with Gasteiger partial charge in [0.2, 0.25) is 0 Å². The Bertz CT molecular complexity index is 345. The van der Waals surface area contributed by atoms with Crippen LogP contribution in [0.3, 0.4) is 0 Å². The summed E-state index contributed by atoms with van der Waals surface area (Å²) in [4.78, 5) is 0. The fourth-order valence-corrected chi connectivity index (χ4v) is 2.47. The lowest BCUT2D eigenvalue weighted by Crippen LogP contribution is -2.41. The molecule has 0 aromatic heterocycles. The Morgan fingerprint density at radius 2 is 2.33 bits per heavy atom. The van der Waals surface area contributed by atoms with Gasteiger partial charge in [-0.1, -0.05) is 28.1 Å². The summed E-state index contributed by atoms with van der Waals surface area (Å²) < 4.78 is 6.48. The van der Waals surface area contributed by atoms with Crippen LogP contribution in [0.4, 0.5) is 0 Å². The van der Waals surface area contributed by atoms with Crippen LogP contribution in [0.1, 0.15) is 18.9 Å². The Morgan fingerprint density at radius 3 is 2.93 bits per heavy atom. The lowest BCUT2D eigenvalue weighted by molar-refractivity contribution is 0.166. The highest BCUT2D eigenvalue weighted by atomic mass is 79.9. The molecule has 1 aromatic rings. The van der Waals surface area contributed by atoms with E-state index in [1.54, 1.807) is 0 Å². The van der Waals surface area contributed by atoms with Crippen LogP contribution in [0.25, 0.3) is 0 Å². The van der Waals surface area contributed by atoms with Gasteiger partial charge in [-0.2, -0.15) is 0 Å². The molecule has 2 N–H and O–H groups in total. The number of hydrogen-bond donors (Lipinski definition) is 1. The minimum Gasteiger partial charge on any atom is -0.381 e. The number of halogens is 1. The van der Waals surface area contributed by atoms with Crippen LogP contribution in [0, 0.1) is 5.92 Å². The minimum absolute atomic E-state index is 0.291. The van der Waals surface area contributed by atoms with Crippen molar-refractivity contribution in [1.82, 2.24) is 0 Å². The third-order valence-corrected chi connectivity index (χ3v) is 3.72. The Balaban J connectivity index is 2.27. The number of hydrogen-bond acceptors (Lipinski definition) is 2. The zero-order chi connectivity index (χ0) is 10.9. The molecule has 15 heavy (non-hydrogen) atoms. The number of rotatable bonds is 2. The van der Waals surface area contributed by atoms with Gasteiger partial charge in [-0.15, -0.1) is 0 Å². The molecule has 1 aliphatic heterocycles. The van der Waals surface area contributed by atoms with Crippen molar-refractivity contribution in [3.05, 3.63) is 34.3 Å². The van der Waals surface area contributed by atoms with Gasteiger partial charge in [-0.3, -0.25) is 0 Å². The average Bonchev–Trinajstić information content (AvgIpc) is 2.71. The number of nitrogens with two attached hydrogens (primary N) is 1. The van der Waals surface area contributed by atoms with E-state index in [9.17, 15) is 0 Å². The second-order valence-electron chi connectivity index (χ2n) is 4.35. The molecule has 0 amide bonds. The quantitative estimate of drug-likeness (QED) is 0.896. The summed E-state index contributed by atoms with van der Waals surface area (Å²) in [5.41, 5.74) is 7.29. The van der Waals surface area contributed by atoms with E-state index in [-0.39, 0.29) is 5.54 Å². The second-order valence-corrected chi connectivity index (χ2v) is 5.27. The highest BCUT2D eigenvalue weighted by molar-refractivity contribution is 9.10. The van der Waals surface area contributed by atoms with Crippen LogP contribution in [-0.2, 0) is 10.3 Å². The molecule has 82 valence electrons. The molecule has 1 aliphatic rings. The van der Waals surface area contributed by atoms with Crippen molar-refractivity contribution in [2.24, 2.45) is 11.7 Å². The molecular weight excluding hydrogens is 254 g/mol. The van der Waals surface area contributed by atoms with Crippen molar-refractivity contribution in [3.63, 3.8) is 0 Å². The summed E-state index contributed by atoms with van der Waals surface area (Å²) in [6.07, 6.45) is 1.06. The fraction of sp³-hybridized carbons (Fsp3) is 0.500. The van der Waals surface area contributed by atoms with Crippen molar-refractivity contribution < 1.29 is 4.74 Å². The zero-order valence-electron chi connectivity index (χ0n) is 8.87. The molecule has 0 bridgehead atoms. The van der Waals surface area contributed by atoms with Gasteiger partial charge in [0.25, 0.3) is 0 Å². The first kappa shape index (κ1) is 11.1. The van der Waals surface area contributed by atoms with Gasteiger partial charge in [-0.25, -0.2) is 0 Å². The molecule has 1 fully saturated rings. The first-order valence-electron chi connectivity index (χ1n) is 5.23. The van der Waals surface area contributed by atoms with Gasteiger partial charge in [0, 0.05) is 22.5 Å². The van der Waals surface area contributed by atoms with E-state index in [4.69, 9.17) is 10.5 Å². The Morgan fingerprint density at radius 1 is 1.53 bits per heavy atom. The summed E-state index contributed by atoms with van der Waals surface area (Å²) >= 11 is 3.48. The van der Waals surface area contributed by atoms with Crippen LogP contribution in [0.15, 0.2) is 28.7 Å². The van der Waals surface area contributed by atoms with Crippen molar-refractivity contribution in [1.29, 1.82) is 0 Å². The second kappa shape index (κ2) is 4.24. The molecule has 1 heterocycles. The lowest BCUT2D eigenvalue weighted by atomic mass is 9.80. The molecule has 2 atom stereocenters. The largest absolute Gasteiger partial charge is 0.381 e. The van der Waals surface area contributed by atoms with Crippen molar-refractivity contribution >= 4 is 15.9 Å². The standard InChI is InChI=1S/C12H16BrNO/c1-12(14,10-5-6-15-8-10)9-3-2-4-11(13)7-9/h2-4,7,10H,5-6,8,14H2,1H3. The number of ether oxygens (including phenoxy) is 1. The van der Waals surface area contributed by atoms with Crippen LogP contribution >= 0.6 is 15.9 Å². The molecule has 1 saturated heterocycles. The molecule has 2 unspecified atom stereocenters. The zero-order valence-corrected chi connectivity index (χ0v) is 10.5. The lowest BCUT2D eigenvalue weighted by Gasteiger charge is -2.31. The fourth-order valence-electron chi connectivity index (χ4n) is 2.07. The van der Waals surface area contributed by atoms with E-state index in [1.807, 2.05) is 12.1 Å². The molecule has 0 radical (unpaired) electrons. The third-order valence-electron chi connectivity index (χ3n) is 3.22. The maximum Gasteiger partial charge on any atom is 0.0515 e. The highest BCUT2D eigenvalue weighted by Gasteiger charge is 2.34. The van der Waals surface area contributed by atoms with Crippen LogP contribution in [0.5, 0.6) is 0 Å². The summed E-state index contributed by atoms with van der Waals surface area (Å²) in [6.45, 7) is 3.71. The van der Waals surface area contributed by atoms with E-state index >= 15 is 0 Å². The van der Waals surface area contributed by atoms with Crippen LogP contribution in [-0.4, -0.2) is 13.2 Å². The average molecular weight is 270 g/mol. The van der Waals surface area contributed by atoms with Crippen LogP contribution in [0.2, 0.25) is 0 Å². The van der Waals surface area contributed by atoms with Crippen molar-refractivity contribution in [2.45, 2.75) is 18.9 Å². The monoisotopic (exact) mass is 269 g/mol. The maximum atomic E-state index is 6.41. The SMILES string of the molecule is CC(N)(c1cccc(Br)c1)C1CCOC1. The van der Waals surface area contributed by atoms with Crippen LogP contribution < -0.4 is 5.73 Å². The topological polar surface area (TPSA) is 35.2 Å². The number of benzene rings is 1. The Labute approximate surface area is 98.9 Å². The molecular formula is C12H16BrNO. The van der Waals surface area contributed by atoms with E-state index in [1.165, 1.54) is 5.56 Å². The molecule has 1 aromatic carbocycles. The Hall–Kier alpha value is -0.380. The predicted octanol–water partition coefficient (Wildman–Crippen LogP) is 2.66. The molecule has 0 saturated carbocycles. The van der Waals surface area contributed by atoms with E-state index in [0.717, 1.165) is 24.1 Å². The maximum absolute atomic E-state index is 6.41. The van der Waals surface area contributed by atoms with Gasteiger partial charge in [0.15, 0.2) is 0 Å². The van der Waals surface area contributed by atoms with Gasteiger partial charge in [-0.05, 0) is 31.0 Å². The van der Waals surface area contributed by atoms with Gasteiger partial charge < -0.3 is 10.5 Å². The summed E-state index contributed by atoms with van der Waals surface area (Å²) in [5, 5.41) is 0. The van der Waals surface area contributed by atoms with Crippen molar-refractivity contribution in [3.8, 4) is 0 Å². The van der Waals surface area contributed by atoms with Gasteiger partial charge in [0.05, 0.1) is 6.61 Å². The summed E-state index contributed by atoms with van der Waals surface area (Å²) in [6, 6.07) is 8.23. The minimum atomic E-state index is -0.291. The smallest absolute Gasteiger partial charge is 0.0515 e. The Kier molecular flexibility index (Phi) is 3.14. The molecule has 2 nitrogen and oxygen atoms in total. The first-order valence-corrected chi connectivity index (χ1v) is 6.02. The van der Waals surface area contributed by atoms with Crippen molar-refractivity contribution in [2.75, 3.05) is 13.2 Å². The van der Waals surface area contributed by atoms with E-state index in [0.29, 0.717) is 5.92 Å². The molecule has 0 aliphatic carbocycles. The normalized spacial score (nSPS) is 25.1. The summed E-state index contributed by atoms with van der Waals surface area (Å²) in [7, 11) is 0. The first-order chi connectivity index (χ1) is 7.10. The van der Waals surface area contributed by atoms with E-state index < -0.39 is 0 Å². The highest BCUT2D eigenvalue weighted by Crippen LogP contribution is 2.33. The van der Waals surface area contributed by atoms with Gasteiger partial charge in [0.1, 0.15) is 0 Å². The molecule has 2 rings (SSSR count). The van der Waals surface area contributed by atoms with Gasteiger partial charge >= 0.3 is 0 Å².